The molecule has 0 radical (unpaired) electrons. The van der Waals surface area contributed by atoms with Crippen LogP contribution in [0.25, 0.3) is 0 Å². The van der Waals surface area contributed by atoms with Crippen LogP contribution in [0.2, 0.25) is 0 Å². The maximum Gasteiger partial charge on any atom is 0.148 e. The molecule has 1 aromatic rings. The zero-order chi connectivity index (χ0) is 12.1. The maximum atomic E-state index is 5.44. The Hall–Kier alpha value is -0.720. The van der Waals surface area contributed by atoms with Crippen LogP contribution in [0.4, 0.5) is 5.00 Å². The van der Waals surface area contributed by atoms with Gasteiger partial charge in [-0.1, -0.05) is 30.2 Å². The standard InChI is InChI=1S/C11H21N5S/c1-16(9-6-4-2-3-5-7-9)8-10-11(13-12)17-15-14-10/h9,13H,2-8,12H2,1H3. The molecule has 0 saturated heterocycles. The van der Waals surface area contributed by atoms with Gasteiger partial charge in [-0.3, -0.25) is 4.90 Å². The summed E-state index contributed by atoms with van der Waals surface area (Å²) in [7, 11) is 2.18. The minimum atomic E-state index is 0.685. The first kappa shape index (κ1) is 12.7. The fraction of sp³-hybridized carbons (Fsp3) is 0.818. The zero-order valence-electron chi connectivity index (χ0n) is 10.4. The number of hydrogen-bond acceptors (Lipinski definition) is 6. The Balaban J connectivity index is 1.93. The highest BCUT2D eigenvalue weighted by Gasteiger charge is 2.19. The number of hydrazine groups is 1. The number of nitrogens with one attached hydrogen (secondary N) is 1. The van der Waals surface area contributed by atoms with Crippen molar-refractivity contribution in [1.29, 1.82) is 0 Å². The van der Waals surface area contributed by atoms with Crippen molar-refractivity contribution in [2.24, 2.45) is 5.84 Å². The lowest BCUT2D eigenvalue weighted by atomic mass is 10.1. The minimum Gasteiger partial charge on any atom is -0.313 e. The van der Waals surface area contributed by atoms with E-state index >= 15 is 0 Å². The van der Waals surface area contributed by atoms with Crippen molar-refractivity contribution in [3.63, 3.8) is 0 Å². The highest BCUT2D eigenvalue weighted by molar-refractivity contribution is 7.10. The number of rotatable bonds is 4. The van der Waals surface area contributed by atoms with Crippen LogP contribution in [0, 0.1) is 0 Å². The smallest absolute Gasteiger partial charge is 0.148 e. The molecule has 3 N–H and O–H groups in total. The Bertz CT molecular complexity index is 332. The molecule has 6 heteroatoms. The molecule has 1 aliphatic carbocycles. The molecule has 0 atom stereocenters. The fourth-order valence-electron chi connectivity index (χ4n) is 2.49. The Morgan fingerprint density at radius 3 is 2.71 bits per heavy atom. The summed E-state index contributed by atoms with van der Waals surface area (Å²) in [6, 6.07) is 0.685. The summed E-state index contributed by atoms with van der Waals surface area (Å²) >= 11 is 1.32. The molecule has 17 heavy (non-hydrogen) atoms. The van der Waals surface area contributed by atoms with Crippen LogP contribution in [0.5, 0.6) is 0 Å². The van der Waals surface area contributed by atoms with Crippen molar-refractivity contribution in [1.82, 2.24) is 14.5 Å². The van der Waals surface area contributed by atoms with Crippen LogP contribution in [0.15, 0.2) is 0 Å². The molecule has 1 saturated carbocycles. The van der Waals surface area contributed by atoms with E-state index in [9.17, 15) is 0 Å². The summed E-state index contributed by atoms with van der Waals surface area (Å²) in [5.74, 6) is 5.44. The zero-order valence-corrected chi connectivity index (χ0v) is 11.2. The van der Waals surface area contributed by atoms with Gasteiger partial charge in [-0.05, 0) is 19.9 Å². The molecule has 1 aromatic heterocycles. The van der Waals surface area contributed by atoms with Gasteiger partial charge in [0.05, 0.1) is 0 Å². The molecule has 1 fully saturated rings. The van der Waals surface area contributed by atoms with E-state index in [1.54, 1.807) is 0 Å². The van der Waals surface area contributed by atoms with E-state index in [4.69, 9.17) is 5.84 Å². The molecule has 0 spiro atoms. The monoisotopic (exact) mass is 255 g/mol. The molecular weight excluding hydrogens is 234 g/mol. The molecular formula is C11H21N5S. The first-order valence-corrected chi connectivity index (χ1v) is 7.06. The molecule has 96 valence electrons. The van der Waals surface area contributed by atoms with Gasteiger partial charge in [-0.15, -0.1) is 5.10 Å². The minimum absolute atomic E-state index is 0.685. The van der Waals surface area contributed by atoms with Gasteiger partial charge in [0.1, 0.15) is 10.7 Å². The number of aromatic nitrogens is 2. The number of hydrogen-bond donors (Lipinski definition) is 2. The topological polar surface area (TPSA) is 67.1 Å². The molecule has 1 aliphatic rings. The normalized spacial score (nSPS) is 18.3. The second kappa shape index (κ2) is 6.28. The van der Waals surface area contributed by atoms with E-state index in [2.05, 4.69) is 27.0 Å². The molecule has 0 aromatic carbocycles. The van der Waals surface area contributed by atoms with Crippen molar-refractivity contribution >= 4 is 16.5 Å². The van der Waals surface area contributed by atoms with Crippen LogP contribution in [0.3, 0.4) is 0 Å². The summed E-state index contributed by atoms with van der Waals surface area (Å²) in [6.07, 6.45) is 8.09. The quantitative estimate of drug-likeness (QED) is 0.489. The molecule has 1 heterocycles. The van der Waals surface area contributed by atoms with Crippen molar-refractivity contribution in [3.05, 3.63) is 5.69 Å². The van der Waals surface area contributed by atoms with Gasteiger partial charge in [-0.2, -0.15) is 0 Å². The van der Waals surface area contributed by atoms with E-state index < -0.39 is 0 Å². The van der Waals surface area contributed by atoms with E-state index in [1.165, 1.54) is 50.1 Å². The number of nitrogen functional groups attached to an aromatic ring is 1. The van der Waals surface area contributed by atoms with Gasteiger partial charge in [0.2, 0.25) is 0 Å². The SMILES string of the molecule is CN(Cc1nnsc1NN)C1CCCCCC1. The van der Waals surface area contributed by atoms with Gasteiger partial charge in [0.15, 0.2) is 0 Å². The van der Waals surface area contributed by atoms with Crippen molar-refractivity contribution in [2.45, 2.75) is 51.1 Å². The number of anilines is 1. The van der Waals surface area contributed by atoms with Crippen molar-refractivity contribution < 1.29 is 0 Å². The Morgan fingerprint density at radius 2 is 2.06 bits per heavy atom. The summed E-state index contributed by atoms with van der Waals surface area (Å²) in [5, 5.41) is 5.01. The Labute approximate surface area is 107 Å². The largest absolute Gasteiger partial charge is 0.313 e. The third kappa shape index (κ3) is 3.37. The average molecular weight is 255 g/mol. The third-order valence-electron chi connectivity index (χ3n) is 3.53. The number of nitrogens with two attached hydrogens (primary N) is 1. The maximum absolute atomic E-state index is 5.44. The lowest BCUT2D eigenvalue weighted by Gasteiger charge is -2.26. The predicted octanol–water partition coefficient (Wildman–Crippen LogP) is 1.98. The highest BCUT2D eigenvalue weighted by atomic mass is 32.1. The summed E-state index contributed by atoms with van der Waals surface area (Å²) in [5.41, 5.74) is 3.63. The Kier molecular flexibility index (Phi) is 4.70. The van der Waals surface area contributed by atoms with Gasteiger partial charge in [-0.25, -0.2) is 5.84 Å². The van der Waals surface area contributed by atoms with Crippen LogP contribution in [-0.4, -0.2) is 27.6 Å². The van der Waals surface area contributed by atoms with Crippen molar-refractivity contribution in [2.75, 3.05) is 12.5 Å². The van der Waals surface area contributed by atoms with E-state index in [-0.39, 0.29) is 0 Å². The Morgan fingerprint density at radius 1 is 1.35 bits per heavy atom. The van der Waals surface area contributed by atoms with Crippen LogP contribution < -0.4 is 11.3 Å². The van der Waals surface area contributed by atoms with Crippen LogP contribution in [-0.2, 0) is 6.54 Å². The third-order valence-corrected chi connectivity index (χ3v) is 4.23. The summed E-state index contributed by atoms with van der Waals surface area (Å²) in [6.45, 7) is 0.834. The average Bonchev–Trinajstić information content (AvgIpc) is 2.62. The van der Waals surface area contributed by atoms with Crippen LogP contribution in [0.1, 0.15) is 44.2 Å². The molecule has 0 unspecified atom stereocenters. The highest BCUT2D eigenvalue weighted by Crippen LogP contribution is 2.24. The fourth-order valence-corrected chi connectivity index (χ4v) is 2.97. The lowest BCUT2D eigenvalue weighted by molar-refractivity contribution is 0.211. The lowest BCUT2D eigenvalue weighted by Crippen LogP contribution is -2.31. The number of nitrogens with zero attached hydrogens (tertiary/aromatic N) is 3. The first-order valence-electron chi connectivity index (χ1n) is 6.29. The predicted molar refractivity (Wildman–Crippen MR) is 70.7 cm³/mol. The molecule has 0 bridgehead atoms. The first-order chi connectivity index (χ1) is 8.31. The van der Waals surface area contributed by atoms with E-state index in [1.807, 2.05) is 0 Å². The van der Waals surface area contributed by atoms with Crippen molar-refractivity contribution in [3.8, 4) is 0 Å². The molecule has 2 rings (SSSR count). The molecule has 0 aliphatic heterocycles. The van der Waals surface area contributed by atoms with Gasteiger partial charge < -0.3 is 5.43 Å². The van der Waals surface area contributed by atoms with E-state index in [0.29, 0.717) is 6.04 Å². The van der Waals surface area contributed by atoms with Crippen LogP contribution >= 0.6 is 11.5 Å². The van der Waals surface area contributed by atoms with Gasteiger partial charge in [0.25, 0.3) is 0 Å². The van der Waals surface area contributed by atoms with E-state index in [0.717, 1.165) is 17.2 Å². The van der Waals surface area contributed by atoms with Gasteiger partial charge in [0, 0.05) is 24.1 Å². The molecule has 0 amide bonds. The summed E-state index contributed by atoms with van der Waals surface area (Å²) in [4.78, 5) is 2.39. The second-order valence-electron chi connectivity index (χ2n) is 4.75. The molecule has 5 nitrogen and oxygen atoms in total. The second-order valence-corrected chi connectivity index (χ2v) is 5.51. The summed E-state index contributed by atoms with van der Waals surface area (Å²) < 4.78 is 3.93. The van der Waals surface area contributed by atoms with Gasteiger partial charge >= 0.3 is 0 Å².